The van der Waals surface area contributed by atoms with Crippen LogP contribution in [0.2, 0.25) is 0 Å². The second-order valence-electron chi connectivity index (χ2n) is 5.25. The summed E-state index contributed by atoms with van der Waals surface area (Å²) in [5.74, 6) is -0.602. The molecule has 0 fully saturated rings. The molecular weight excluding hydrogens is 250 g/mol. The van der Waals surface area contributed by atoms with Gasteiger partial charge in [0, 0.05) is 5.92 Å². The number of ether oxygens (including phenoxy) is 1. The molecule has 0 spiro atoms. The molecule has 0 saturated heterocycles. The average Bonchev–Trinajstić information content (AvgIpc) is 2.83. The third kappa shape index (κ3) is 1.36. The van der Waals surface area contributed by atoms with Crippen molar-refractivity contribution in [3.63, 3.8) is 0 Å². The van der Waals surface area contributed by atoms with Crippen molar-refractivity contribution in [2.45, 2.75) is 17.8 Å². The van der Waals surface area contributed by atoms with Gasteiger partial charge >= 0.3 is 5.97 Å². The Kier molecular flexibility index (Phi) is 2.76. The lowest BCUT2D eigenvalue weighted by Crippen LogP contribution is -2.41. The smallest absolute Gasteiger partial charge is 0.320 e. The van der Waals surface area contributed by atoms with Crippen LogP contribution in [-0.2, 0) is 21.4 Å². The molecule has 0 amide bonds. The van der Waals surface area contributed by atoms with Gasteiger partial charge in [0.25, 0.3) is 0 Å². The van der Waals surface area contributed by atoms with Crippen molar-refractivity contribution in [3.8, 4) is 6.07 Å². The molecule has 1 aromatic rings. The summed E-state index contributed by atoms with van der Waals surface area (Å²) in [4.78, 5) is 12.5. The second kappa shape index (κ2) is 4.35. The maximum atomic E-state index is 12.5. The van der Waals surface area contributed by atoms with Crippen LogP contribution in [0.1, 0.15) is 22.6 Å². The first-order valence-corrected chi connectivity index (χ1v) is 6.61. The SMILES string of the molecule is C=C[C@@H]1Cc2cccc3c2[C@]1(C(=O)OC)C=C[C@H]3C#N. The van der Waals surface area contributed by atoms with E-state index < -0.39 is 5.41 Å². The number of hydrogen-bond donors (Lipinski definition) is 0. The molecule has 100 valence electrons. The third-order valence-electron chi connectivity index (χ3n) is 4.45. The van der Waals surface area contributed by atoms with E-state index in [9.17, 15) is 10.1 Å². The van der Waals surface area contributed by atoms with Gasteiger partial charge in [-0.1, -0.05) is 36.4 Å². The van der Waals surface area contributed by atoms with Crippen molar-refractivity contribution < 1.29 is 9.53 Å². The molecule has 3 atom stereocenters. The van der Waals surface area contributed by atoms with Gasteiger partial charge in [-0.3, -0.25) is 4.79 Å². The third-order valence-corrected chi connectivity index (χ3v) is 4.45. The number of rotatable bonds is 2. The number of benzene rings is 1. The highest BCUT2D eigenvalue weighted by Crippen LogP contribution is 2.51. The van der Waals surface area contributed by atoms with E-state index in [2.05, 4.69) is 12.6 Å². The highest BCUT2D eigenvalue weighted by molar-refractivity contribution is 5.90. The zero-order valence-corrected chi connectivity index (χ0v) is 11.3. The number of nitrogens with zero attached hydrogens (tertiary/aromatic N) is 1. The van der Waals surface area contributed by atoms with Crippen molar-refractivity contribution in [3.05, 3.63) is 59.7 Å². The molecule has 20 heavy (non-hydrogen) atoms. The van der Waals surface area contributed by atoms with E-state index in [1.54, 1.807) is 0 Å². The molecule has 0 unspecified atom stereocenters. The van der Waals surface area contributed by atoms with Crippen LogP contribution >= 0.6 is 0 Å². The summed E-state index contributed by atoms with van der Waals surface area (Å²) >= 11 is 0. The highest BCUT2D eigenvalue weighted by Gasteiger charge is 2.53. The fraction of sp³-hybridized carbons (Fsp3) is 0.294. The Morgan fingerprint density at radius 2 is 2.40 bits per heavy atom. The summed E-state index contributed by atoms with van der Waals surface area (Å²) in [5, 5.41) is 9.30. The van der Waals surface area contributed by atoms with Gasteiger partial charge in [-0.15, -0.1) is 6.58 Å². The number of carbonyl (C=O) groups is 1. The molecule has 0 N–H and O–H groups in total. The second-order valence-corrected chi connectivity index (χ2v) is 5.25. The van der Waals surface area contributed by atoms with Gasteiger partial charge in [0.2, 0.25) is 0 Å². The maximum absolute atomic E-state index is 12.5. The van der Waals surface area contributed by atoms with Crippen LogP contribution in [0.5, 0.6) is 0 Å². The quantitative estimate of drug-likeness (QED) is 0.610. The predicted octanol–water partition coefficient (Wildman–Crippen LogP) is 2.63. The minimum atomic E-state index is -0.810. The molecule has 2 aliphatic rings. The lowest BCUT2D eigenvalue weighted by Gasteiger charge is -2.34. The first-order valence-electron chi connectivity index (χ1n) is 6.61. The maximum Gasteiger partial charge on any atom is 0.320 e. The van der Waals surface area contributed by atoms with E-state index in [4.69, 9.17) is 4.74 Å². The lowest BCUT2D eigenvalue weighted by atomic mass is 9.68. The van der Waals surface area contributed by atoms with E-state index in [0.717, 1.165) is 23.1 Å². The number of nitriles is 1. The zero-order valence-electron chi connectivity index (χ0n) is 11.3. The molecule has 0 radical (unpaired) electrons. The Morgan fingerprint density at radius 3 is 3.05 bits per heavy atom. The minimum absolute atomic E-state index is 0.0259. The van der Waals surface area contributed by atoms with Crippen LogP contribution in [0, 0.1) is 17.2 Å². The Balaban J connectivity index is 2.33. The van der Waals surface area contributed by atoms with Crippen LogP contribution in [0.3, 0.4) is 0 Å². The summed E-state index contributed by atoms with van der Waals surface area (Å²) in [6.45, 7) is 3.87. The van der Waals surface area contributed by atoms with Crippen molar-refractivity contribution >= 4 is 5.97 Å². The van der Waals surface area contributed by atoms with Crippen molar-refractivity contribution in [1.82, 2.24) is 0 Å². The molecule has 3 heteroatoms. The van der Waals surface area contributed by atoms with Gasteiger partial charge in [-0.05, 0) is 23.1 Å². The predicted molar refractivity (Wildman–Crippen MR) is 75.0 cm³/mol. The molecule has 3 rings (SSSR count). The topological polar surface area (TPSA) is 50.1 Å². The molecule has 3 nitrogen and oxygen atoms in total. The largest absolute Gasteiger partial charge is 0.468 e. The summed E-state index contributed by atoms with van der Waals surface area (Å²) in [6.07, 6.45) is 6.23. The van der Waals surface area contributed by atoms with Gasteiger partial charge in [0.1, 0.15) is 5.41 Å². The van der Waals surface area contributed by atoms with E-state index in [0.29, 0.717) is 0 Å². The monoisotopic (exact) mass is 265 g/mol. The van der Waals surface area contributed by atoms with Gasteiger partial charge in [0.05, 0.1) is 19.1 Å². The minimum Gasteiger partial charge on any atom is -0.468 e. The molecule has 0 aliphatic heterocycles. The van der Waals surface area contributed by atoms with E-state index in [-0.39, 0.29) is 17.8 Å². The van der Waals surface area contributed by atoms with Gasteiger partial charge in [-0.25, -0.2) is 0 Å². The van der Waals surface area contributed by atoms with Crippen molar-refractivity contribution in [1.29, 1.82) is 5.26 Å². The molecule has 0 bridgehead atoms. The van der Waals surface area contributed by atoms with Crippen LogP contribution < -0.4 is 0 Å². The Morgan fingerprint density at radius 1 is 1.60 bits per heavy atom. The van der Waals surface area contributed by atoms with Crippen LogP contribution in [0.4, 0.5) is 0 Å². The number of methoxy groups -OCH3 is 1. The molecule has 0 aromatic heterocycles. The number of esters is 1. The van der Waals surface area contributed by atoms with Crippen LogP contribution in [0.25, 0.3) is 0 Å². The Labute approximate surface area is 118 Å². The fourth-order valence-electron chi connectivity index (χ4n) is 3.57. The number of hydrogen-bond acceptors (Lipinski definition) is 3. The fourth-order valence-corrected chi connectivity index (χ4v) is 3.57. The number of allylic oxidation sites excluding steroid dienone is 2. The summed E-state index contributed by atoms with van der Waals surface area (Å²) in [5.41, 5.74) is 2.17. The molecule has 0 heterocycles. The van der Waals surface area contributed by atoms with Crippen molar-refractivity contribution in [2.75, 3.05) is 7.11 Å². The first-order chi connectivity index (χ1) is 9.68. The molecule has 2 aliphatic carbocycles. The normalized spacial score (nSPS) is 29.4. The van der Waals surface area contributed by atoms with E-state index in [1.807, 2.05) is 36.4 Å². The molecule has 1 aromatic carbocycles. The lowest BCUT2D eigenvalue weighted by molar-refractivity contribution is -0.146. The standard InChI is InChI=1S/C17H15NO2/c1-3-13-9-11-5-4-6-14-12(10-18)7-8-17(13,15(11)14)16(19)20-2/h3-8,12-13H,1,9H2,2H3/t12-,13+,17-/m0/s1. The van der Waals surface area contributed by atoms with Gasteiger partial charge < -0.3 is 4.74 Å². The van der Waals surface area contributed by atoms with E-state index in [1.165, 1.54) is 7.11 Å². The van der Waals surface area contributed by atoms with Gasteiger partial charge in [0.15, 0.2) is 0 Å². The Bertz CT molecular complexity index is 668. The summed E-state index contributed by atoms with van der Waals surface area (Å²) in [6, 6.07) is 8.18. The zero-order chi connectivity index (χ0) is 14.3. The highest BCUT2D eigenvalue weighted by atomic mass is 16.5. The number of carbonyl (C=O) groups excluding carboxylic acids is 1. The van der Waals surface area contributed by atoms with Gasteiger partial charge in [-0.2, -0.15) is 5.26 Å². The van der Waals surface area contributed by atoms with Crippen LogP contribution in [0.15, 0.2) is 43.0 Å². The summed E-state index contributed by atoms with van der Waals surface area (Å²) < 4.78 is 5.05. The van der Waals surface area contributed by atoms with Crippen molar-refractivity contribution in [2.24, 2.45) is 5.92 Å². The summed E-state index contributed by atoms with van der Waals surface area (Å²) in [7, 11) is 1.40. The molecular formula is C17H15NO2. The average molecular weight is 265 g/mol. The van der Waals surface area contributed by atoms with Crippen LogP contribution in [-0.4, -0.2) is 13.1 Å². The Hall–Kier alpha value is -2.34. The van der Waals surface area contributed by atoms with E-state index >= 15 is 0 Å². The first kappa shape index (κ1) is 12.7. The molecule has 0 saturated carbocycles.